The van der Waals surface area contributed by atoms with Crippen LogP contribution in [-0.4, -0.2) is 34.5 Å². The zero-order chi connectivity index (χ0) is 23.5. The zero-order valence-electron chi connectivity index (χ0n) is 19.3. The third kappa shape index (κ3) is 4.24. The van der Waals surface area contributed by atoms with Gasteiger partial charge in [-0.3, -0.25) is 14.2 Å². The topological polar surface area (TPSA) is 64.4 Å². The molecule has 33 heavy (non-hydrogen) atoms. The highest BCUT2D eigenvalue weighted by atomic mass is 16.5. The number of methoxy groups -OCH3 is 1. The first kappa shape index (κ1) is 22.3. The highest BCUT2D eigenvalue weighted by Gasteiger charge is 2.25. The van der Waals surface area contributed by atoms with E-state index < -0.39 is 6.04 Å². The van der Waals surface area contributed by atoms with Gasteiger partial charge in [0.25, 0.3) is 11.5 Å². The van der Waals surface area contributed by atoms with Crippen LogP contribution in [0, 0.1) is 0 Å². The molecule has 4 aromatic rings. The third-order valence-corrected chi connectivity index (χ3v) is 6.02. The van der Waals surface area contributed by atoms with Gasteiger partial charge in [-0.05, 0) is 67.4 Å². The van der Waals surface area contributed by atoms with Crippen LogP contribution in [0.15, 0.2) is 77.6 Å². The zero-order valence-corrected chi connectivity index (χ0v) is 19.3. The van der Waals surface area contributed by atoms with Crippen LogP contribution in [0.25, 0.3) is 16.6 Å². The molecule has 0 spiro atoms. The SMILES string of the molecule is CCc1ccc(C(=O)N(C)C(C)c2nc3ccccc3c(=O)n2-c2ccc(OC)cc2)cc1. The summed E-state index contributed by atoms with van der Waals surface area (Å²) in [6.07, 6.45) is 0.913. The van der Waals surface area contributed by atoms with E-state index in [1.807, 2.05) is 61.5 Å². The molecule has 3 aromatic carbocycles. The Balaban J connectivity index is 1.82. The second kappa shape index (κ2) is 9.28. The van der Waals surface area contributed by atoms with Crippen molar-refractivity contribution in [3.8, 4) is 11.4 Å². The number of hydrogen-bond donors (Lipinski definition) is 0. The quantitative estimate of drug-likeness (QED) is 0.432. The molecule has 0 bridgehead atoms. The van der Waals surface area contributed by atoms with Gasteiger partial charge < -0.3 is 9.64 Å². The van der Waals surface area contributed by atoms with E-state index in [2.05, 4.69) is 6.92 Å². The van der Waals surface area contributed by atoms with Gasteiger partial charge in [0.1, 0.15) is 11.6 Å². The minimum atomic E-state index is -0.456. The molecule has 0 saturated heterocycles. The predicted octanol–water partition coefficient (Wildman–Crippen LogP) is 4.79. The normalized spacial score (nSPS) is 11.9. The van der Waals surface area contributed by atoms with Crippen molar-refractivity contribution >= 4 is 16.8 Å². The summed E-state index contributed by atoms with van der Waals surface area (Å²) in [4.78, 5) is 33.2. The van der Waals surface area contributed by atoms with Crippen LogP contribution >= 0.6 is 0 Å². The number of benzene rings is 3. The molecule has 0 saturated carbocycles. The minimum absolute atomic E-state index is 0.131. The largest absolute Gasteiger partial charge is 0.497 e. The second-order valence-corrected chi connectivity index (χ2v) is 7.97. The second-order valence-electron chi connectivity index (χ2n) is 7.97. The van der Waals surface area contributed by atoms with Crippen LogP contribution in [0.3, 0.4) is 0 Å². The third-order valence-electron chi connectivity index (χ3n) is 6.02. The van der Waals surface area contributed by atoms with Crippen LogP contribution in [-0.2, 0) is 6.42 Å². The highest BCUT2D eigenvalue weighted by Crippen LogP contribution is 2.24. The number of aromatic nitrogens is 2. The summed E-state index contributed by atoms with van der Waals surface area (Å²) in [5.41, 5.74) is 2.85. The van der Waals surface area contributed by atoms with Crippen molar-refractivity contribution in [2.45, 2.75) is 26.3 Å². The fraction of sp³-hybridized carbons (Fsp3) is 0.222. The van der Waals surface area contributed by atoms with E-state index in [-0.39, 0.29) is 11.5 Å². The number of amides is 1. The Bertz CT molecular complexity index is 1340. The highest BCUT2D eigenvalue weighted by molar-refractivity contribution is 5.94. The molecule has 168 valence electrons. The molecular weight excluding hydrogens is 414 g/mol. The lowest BCUT2D eigenvalue weighted by Gasteiger charge is -2.27. The standard InChI is InChI=1S/C27H27N3O3/c1-5-19-10-12-20(13-11-19)26(31)29(3)18(2)25-28-24-9-7-6-8-23(24)27(32)30(25)21-14-16-22(33-4)17-15-21/h6-18H,5H2,1-4H3. The van der Waals surface area contributed by atoms with Gasteiger partial charge in [0, 0.05) is 12.6 Å². The smallest absolute Gasteiger partial charge is 0.266 e. The van der Waals surface area contributed by atoms with Gasteiger partial charge >= 0.3 is 0 Å². The van der Waals surface area contributed by atoms with Gasteiger partial charge in [-0.15, -0.1) is 0 Å². The first-order chi connectivity index (χ1) is 15.9. The monoisotopic (exact) mass is 441 g/mol. The number of fused-ring (bicyclic) bond motifs is 1. The maximum Gasteiger partial charge on any atom is 0.266 e. The number of hydrogen-bond acceptors (Lipinski definition) is 4. The van der Waals surface area contributed by atoms with Crippen molar-refractivity contribution in [2.75, 3.05) is 14.2 Å². The van der Waals surface area contributed by atoms with E-state index in [4.69, 9.17) is 9.72 Å². The number of rotatable bonds is 6. The number of carbonyl (C=O) groups excluding carboxylic acids is 1. The predicted molar refractivity (Wildman–Crippen MR) is 130 cm³/mol. The Morgan fingerprint density at radius 1 is 1.03 bits per heavy atom. The van der Waals surface area contributed by atoms with Crippen LogP contribution in [0.1, 0.15) is 41.6 Å². The summed E-state index contributed by atoms with van der Waals surface area (Å²) in [5, 5.41) is 0.522. The molecule has 0 fully saturated rings. The van der Waals surface area contributed by atoms with Crippen LogP contribution in [0.2, 0.25) is 0 Å². The van der Waals surface area contributed by atoms with Crippen molar-refractivity contribution in [1.82, 2.24) is 14.5 Å². The number of nitrogens with zero attached hydrogens (tertiary/aromatic N) is 3. The molecule has 0 aliphatic carbocycles. The minimum Gasteiger partial charge on any atom is -0.497 e. The Kier molecular flexibility index (Phi) is 6.27. The van der Waals surface area contributed by atoms with Crippen molar-refractivity contribution in [1.29, 1.82) is 0 Å². The van der Waals surface area contributed by atoms with Gasteiger partial charge in [0.15, 0.2) is 0 Å². The molecule has 0 aliphatic heterocycles. The first-order valence-corrected chi connectivity index (χ1v) is 11.0. The Hall–Kier alpha value is -3.93. The Morgan fingerprint density at radius 2 is 1.70 bits per heavy atom. The van der Waals surface area contributed by atoms with Gasteiger partial charge in [0.05, 0.1) is 29.7 Å². The molecule has 0 radical (unpaired) electrons. The summed E-state index contributed by atoms with van der Waals surface area (Å²) < 4.78 is 6.84. The average molecular weight is 442 g/mol. The molecule has 0 N–H and O–H groups in total. The number of aryl methyl sites for hydroxylation is 1. The summed E-state index contributed by atoms with van der Waals surface area (Å²) in [5.74, 6) is 1.05. The van der Waals surface area contributed by atoms with Crippen molar-refractivity contribution in [3.05, 3.63) is 100 Å². The summed E-state index contributed by atoms with van der Waals surface area (Å²) in [6.45, 7) is 3.96. The Morgan fingerprint density at radius 3 is 2.33 bits per heavy atom. The average Bonchev–Trinajstić information content (AvgIpc) is 2.87. The molecule has 1 unspecified atom stereocenters. The Labute approximate surface area is 193 Å². The summed E-state index contributed by atoms with van der Waals surface area (Å²) in [6, 6.07) is 21.7. The molecular formula is C27H27N3O3. The molecule has 1 aromatic heterocycles. The lowest BCUT2D eigenvalue weighted by atomic mass is 10.1. The van der Waals surface area contributed by atoms with Gasteiger partial charge in [-0.25, -0.2) is 4.98 Å². The van der Waals surface area contributed by atoms with E-state index in [0.717, 1.165) is 6.42 Å². The molecule has 0 aliphatic rings. The van der Waals surface area contributed by atoms with E-state index in [9.17, 15) is 9.59 Å². The van der Waals surface area contributed by atoms with Gasteiger partial charge in [-0.1, -0.05) is 31.2 Å². The van der Waals surface area contributed by atoms with Gasteiger partial charge in [-0.2, -0.15) is 0 Å². The molecule has 1 atom stereocenters. The lowest BCUT2D eigenvalue weighted by Crippen LogP contribution is -2.34. The summed E-state index contributed by atoms with van der Waals surface area (Å²) >= 11 is 0. The van der Waals surface area contributed by atoms with E-state index in [1.54, 1.807) is 41.8 Å². The lowest BCUT2D eigenvalue weighted by molar-refractivity contribution is 0.0735. The molecule has 6 heteroatoms. The molecule has 1 heterocycles. The van der Waals surface area contributed by atoms with Crippen molar-refractivity contribution < 1.29 is 9.53 Å². The molecule has 4 rings (SSSR count). The maximum atomic E-state index is 13.5. The van der Waals surface area contributed by atoms with Crippen LogP contribution < -0.4 is 10.3 Å². The van der Waals surface area contributed by atoms with E-state index in [1.165, 1.54) is 5.56 Å². The van der Waals surface area contributed by atoms with Crippen LogP contribution in [0.5, 0.6) is 5.75 Å². The van der Waals surface area contributed by atoms with E-state index >= 15 is 0 Å². The molecule has 1 amide bonds. The maximum absolute atomic E-state index is 13.5. The van der Waals surface area contributed by atoms with Gasteiger partial charge in [0.2, 0.25) is 0 Å². The first-order valence-electron chi connectivity index (χ1n) is 11.0. The fourth-order valence-corrected chi connectivity index (χ4v) is 3.85. The number of para-hydroxylation sites is 1. The summed E-state index contributed by atoms with van der Waals surface area (Å²) in [7, 11) is 3.33. The number of carbonyl (C=O) groups is 1. The molecule has 6 nitrogen and oxygen atoms in total. The van der Waals surface area contributed by atoms with Crippen molar-refractivity contribution in [2.24, 2.45) is 0 Å². The van der Waals surface area contributed by atoms with E-state index in [0.29, 0.717) is 33.7 Å². The number of ether oxygens (including phenoxy) is 1. The van der Waals surface area contributed by atoms with Crippen molar-refractivity contribution in [3.63, 3.8) is 0 Å². The fourth-order valence-electron chi connectivity index (χ4n) is 3.85. The van der Waals surface area contributed by atoms with Crippen LogP contribution in [0.4, 0.5) is 0 Å².